The Labute approximate surface area is 191 Å². The van der Waals surface area contributed by atoms with E-state index in [1.807, 2.05) is 13.8 Å². The average Bonchev–Trinajstić information content (AvgIpc) is 2.64. The molecule has 0 aliphatic rings. The first-order valence-corrected chi connectivity index (χ1v) is 10.0. The van der Waals surface area contributed by atoms with E-state index in [4.69, 9.17) is 16.3 Å². The van der Waals surface area contributed by atoms with Gasteiger partial charge in [0.2, 0.25) is 0 Å². The summed E-state index contributed by atoms with van der Waals surface area (Å²) in [5, 5.41) is 9.74. The van der Waals surface area contributed by atoms with Gasteiger partial charge in [-0.15, -0.1) is 24.0 Å². The van der Waals surface area contributed by atoms with Crippen molar-refractivity contribution in [2.45, 2.75) is 40.2 Å². The van der Waals surface area contributed by atoms with Gasteiger partial charge in [-0.1, -0.05) is 37.6 Å². The summed E-state index contributed by atoms with van der Waals surface area (Å²) in [5.41, 5.74) is 0.482. The molecule has 3 N–H and O–H groups in total. The molecule has 0 saturated heterocycles. The monoisotopic (exact) mass is 524 g/mol. The van der Waals surface area contributed by atoms with Gasteiger partial charge in [0, 0.05) is 32.8 Å². The third-order valence-electron chi connectivity index (χ3n) is 3.97. The summed E-state index contributed by atoms with van der Waals surface area (Å²) >= 11 is 6.04. The van der Waals surface area contributed by atoms with Crippen LogP contribution in [0.3, 0.4) is 0 Å². The second-order valence-electron chi connectivity index (χ2n) is 6.45. The fraction of sp³-hybridized carbons (Fsp3) is 0.600. The number of ether oxygens (including phenoxy) is 1. The number of halogens is 2. The molecule has 0 aromatic heterocycles. The van der Waals surface area contributed by atoms with E-state index in [1.165, 1.54) is 0 Å². The van der Waals surface area contributed by atoms with Crippen LogP contribution in [0.15, 0.2) is 29.3 Å². The van der Waals surface area contributed by atoms with E-state index < -0.39 is 0 Å². The average molecular weight is 525 g/mol. The van der Waals surface area contributed by atoms with Crippen LogP contribution in [0.1, 0.15) is 44.5 Å². The second-order valence-corrected chi connectivity index (χ2v) is 6.86. The minimum Gasteiger partial charge on any atom is -0.378 e. The summed E-state index contributed by atoms with van der Waals surface area (Å²) < 4.78 is 5.75. The van der Waals surface area contributed by atoms with Crippen LogP contribution in [0.4, 0.5) is 0 Å². The molecule has 0 heterocycles. The van der Waals surface area contributed by atoms with Crippen molar-refractivity contribution >= 4 is 47.4 Å². The van der Waals surface area contributed by atoms with E-state index in [0.29, 0.717) is 36.1 Å². The van der Waals surface area contributed by atoms with Crippen LogP contribution in [0.5, 0.6) is 0 Å². The molecule has 0 bridgehead atoms. The number of hydrogen-bond acceptors (Lipinski definition) is 3. The first kappa shape index (κ1) is 26.9. The second kappa shape index (κ2) is 15.8. The summed E-state index contributed by atoms with van der Waals surface area (Å²) in [6, 6.07) is 7.01. The molecule has 0 spiro atoms. The zero-order valence-electron chi connectivity index (χ0n) is 17.3. The lowest BCUT2D eigenvalue weighted by molar-refractivity contribution is 0.0266. The third kappa shape index (κ3) is 10.5. The Morgan fingerprint density at radius 2 is 1.82 bits per heavy atom. The van der Waals surface area contributed by atoms with Crippen molar-refractivity contribution in [2.24, 2.45) is 10.9 Å². The molecule has 28 heavy (non-hydrogen) atoms. The molecule has 1 atom stereocenters. The molecular formula is C20H34ClIN4O2. The number of amides is 1. The van der Waals surface area contributed by atoms with E-state index in [1.54, 1.807) is 24.3 Å². The number of nitrogens with zero attached hydrogens (tertiary/aromatic N) is 1. The lowest BCUT2D eigenvalue weighted by atomic mass is 10.0. The molecule has 0 saturated carbocycles. The first-order chi connectivity index (χ1) is 13.0. The van der Waals surface area contributed by atoms with Gasteiger partial charge in [-0.3, -0.25) is 9.79 Å². The van der Waals surface area contributed by atoms with Crippen molar-refractivity contribution in [1.82, 2.24) is 16.0 Å². The summed E-state index contributed by atoms with van der Waals surface area (Å²) in [4.78, 5) is 16.7. The highest BCUT2D eigenvalue weighted by Gasteiger charge is 2.12. The smallest absolute Gasteiger partial charge is 0.252 e. The van der Waals surface area contributed by atoms with Crippen molar-refractivity contribution in [1.29, 1.82) is 0 Å². The highest BCUT2D eigenvalue weighted by atomic mass is 127. The van der Waals surface area contributed by atoms with Gasteiger partial charge >= 0.3 is 0 Å². The van der Waals surface area contributed by atoms with E-state index in [0.717, 1.165) is 25.5 Å². The number of aliphatic imine (C=N–C) groups is 1. The minimum atomic E-state index is -0.180. The standard InChI is InChI=1S/C20H33ClN4O2.HI/c1-5-22-20(24-12-11-18(15(3)4)27-6-2)25-14-13-23-19(26)16-9-7-8-10-17(16)21;/h7-10,15,18H,5-6,11-14H2,1-4H3,(H,23,26)(H2,22,24,25);1H. The van der Waals surface area contributed by atoms with Crippen molar-refractivity contribution in [2.75, 3.05) is 32.8 Å². The summed E-state index contributed by atoms with van der Waals surface area (Å²) in [6.45, 7) is 11.6. The lowest BCUT2D eigenvalue weighted by Crippen LogP contribution is -2.41. The number of carbonyl (C=O) groups excluding carboxylic acids is 1. The van der Waals surface area contributed by atoms with Gasteiger partial charge in [0.15, 0.2) is 5.96 Å². The van der Waals surface area contributed by atoms with Gasteiger partial charge < -0.3 is 20.7 Å². The van der Waals surface area contributed by atoms with E-state index in [-0.39, 0.29) is 36.0 Å². The molecule has 0 aliphatic carbocycles. The quantitative estimate of drug-likeness (QED) is 0.179. The predicted octanol–water partition coefficient (Wildman–Crippen LogP) is 3.69. The van der Waals surface area contributed by atoms with Crippen molar-refractivity contribution < 1.29 is 9.53 Å². The Hall–Kier alpha value is -1.06. The molecule has 1 aromatic rings. The van der Waals surface area contributed by atoms with Gasteiger partial charge in [0.25, 0.3) is 5.91 Å². The molecule has 0 aliphatic heterocycles. The highest BCUT2D eigenvalue weighted by Crippen LogP contribution is 2.14. The van der Waals surface area contributed by atoms with Crippen molar-refractivity contribution in [3.63, 3.8) is 0 Å². The lowest BCUT2D eigenvalue weighted by Gasteiger charge is -2.20. The number of rotatable bonds is 11. The molecule has 1 amide bonds. The minimum absolute atomic E-state index is 0. The molecule has 0 fully saturated rings. The zero-order chi connectivity index (χ0) is 20.1. The van der Waals surface area contributed by atoms with Crippen molar-refractivity contribution in [3.05, 3.63) is 34.9 Å². The number of nitrogens with one attached hydrogen (secondary N) is 3. The topological polar surface area (TPSA) is 74.8 Å². The maximum Gasteiger partial charge on any atom is 0.252 e. The Balaban J connectivity index is 0.00000729. The largest absolute Gasteiger partial charge is 0.378 e. The van der Waals surface area contributed by atoms with E-state index in [2.05, 4.69) is 34.8 Å². The van der Waals surface area contributed by atoms with Gasteiger partial charge in [-0.25, -0.2) is 0 Å². The number of carbonyl (C=O) groups is 1. The Morgan fingerprint density at radius 1 is 1.14 bits per heavy atom. The highest BCUT2D eigenvalue weighted by molar-refractivity contribution is 14.0. The predicted molar refractivity (Wildman–Crippen MR) is 128 cm³/mol. The molecule has 6 nitrogen and oxygen atoms in total. The number of benzene rings is 1. The van der Waals surface area contributed by atoms with Crippen LogP contribution in [0.25, 0.3) is 0 Å². The summed E-state index contributed by atoms with van der Waals surface area (Å²) in [6.07, 6.45) is 1.10. The van der Waals surface area contributed by atoms with Crippen LogP contribution >= 0.6 is 35.6 Å². The van der Waals surface area contributed by atoms with E-state index in [9.17, 15) is 4.79 Å². The molecule has 160 valence electrons. The normalized spacial score (nSPS) is 12.3. The Morgan fingerprint density at radius 3 is 2.43 bits per heavy atom. The molecule has 0 radical (unpaired) electrons. The zero-order valence-corrected chi connectivity index (χ0v) is 20.3. The molecule has 8 heteroatoms. The van der Waals surface area contributed by atoms with Crippen LogP contribution in [0.2, 0.25) is 5.02 Å². The van der Waals surface area contributed by atoms with Gasteiger partial charge in [0.05, 0.1) is 16.7 Å². The molecule has 1 unspecified atom stereocenters. The van der Waals surface area contributed by atoms with Crippen LogP contribution in [0, 0.1) is 5.92 Å². The number of hydrogen-bond donors (Lipinski definition) is 3. The fourth-order valence-electron chi connectivity index (χ4n) is 2.57. The number of guanidine groups is 1. The summed E-state index contributed by atoms with van der Waals surface area (Å²) in [7, 11) is 0. The third-order valence-corrected chi connectivity index (χ3v) is 4.30. The van der Waals surface area contributed by atoms with Gasteiger partial charge in [-0.05, 0) is 38.3 Å². The molecule has 1 aromatic carbocycles. The molecule has 1 rings (SSSR count). The maximum atomic E-state index is 12.1. The van der Waals surface area contributed by atoms with Crippen LogP contribution in [-0.4, -0.2) is 50.8 Å². The van der Waals surface area contributed by atoms with Crippen molar-refractivity contribution in [3.8, 4) is 0 Å². The van der Waals surface area contributed by atoms with Gasteiger partial charge in [-0.2, -0.15) is 0 Å². The molecular weight excluding hydrogens is 491 g/mol. The van der Waals surface area contributed by atoms with Gasteiger partial charge in [0.1, 0.15) is 0 Å². The Bertz CT molecular complexity index is 599. The van der Waals surface area contributed by atoms with Crippen LogP contribution < -0.4 is 16.0 Å². The maximum absolute atomic E-state index is 12.1. The SMILES string of the molecule is CCNC(=NCCC(OCC)C(C)C)NCCNC(=O)c1ccccc1Cl.I. The summed E-state index contributed by atoms with van der Waals surface area (Å²) in [5.74, 6) is 1.03. The Kier molecular flexibility index (Phi) is 15.2. The fourth-order valence-corrected chi connectivity index (χ4v) is 2.79. The van der Waals surface area contributed by atoms with E-state index >= 15 is 0 Å². The van der Waals surface area contributed by atoms with Crippen LogP contribution in [-0.2, 0) is 4.74 Å². The first-order valence-electron chi connectivity index (χ1n) is 9.66.